The number of hydroxylamine groups is 1. The highest BCUT2D eigenvalue weighted by Crippen LogP contribution is 2.38. The molecule has 0 saturated heterocycles. The molecular formula is C18H19F3N4O2S. The van der Waals surface area contributed by atoms with Crippen molar-refractivity contribution in [2.24, 2.45) is 11.5 Å². The number of nitrogens with zero attached hydrogens (tertiary/aromatic N) is 2. The first-order chi connectivity index (χ1) is 13.1. The minimum absolute atomic E-state index is 0.211. The van der Waals surface area contributed by atoms with E-state index >= 15 is 0 Å². The van der Waals surface area contributed by atoms with E-state index in [-0.39, 0.29) is 5.69 Å². The topological polar surface area (TPSA) is 84.8 Å². The SMILES string of the molecule is CSc1cccc(-c2ccc3c(c2)N(OC(=O)C(F)(F)F)C(N)N(C)C3N)c1. The van der Waals surface area contributed by atoms with E-state index in [1.807, 2.05) is 36.6 Å². The maximum atomic E-state index is 12.7. The Balaban J connectivity index is 2.07. The fourth-order valence-electron chi connectivity index (χ4n) is 2.90. The lowest BCUT2D eigenvalue weighted by atomic mass is 9.99. The van der Waals surface area contributed by atoms with E-state index in [1.165, 1.54) is 11.9 Å². The number of hydrogen-bond donors (Lipinski definition) is 2. The summed E-state index contributed by atoms with van der Waals surface area (Å²) in [6.45, 7) is 0. The summed E-state index contributed by atoms with van der Waals surface area (Å²) in [5.74, 6) is -2.35. The lowest BCUT2D eigenvalue weighted by Crippen LogP contribution is -2.60. The molecule has 0 saturated carbocycles. The van der Waals surface area contributed by atoms with Gasteiger partial charge in [-0.25, -0.2) is 4.79 Å². The zero-order valence-electron chi connectivity index (χ0n) is 15.1. The quantitative estimate of drug-likeness (QED) is 0.750. The van der Waals surface area contributed by atoms with E-state index in [1.54, 1.807) is 23.9 Å². The summed E-state index contributed by atoms with van der Waals surface area (Å²) in [7, 11) is 1.53. The zero-order chi connectivity index (χ0) is 20.6. The molecule has 0 aliphatic carbocycles. The number of carbonyl (C=O) groups is 1. The molecule has 4 N–H and O–H groups in total. The van der Waals surface area contributed by atoms with Crippen molar-refractivity contribution in [3.63, 3.8) is 0 Å². The first-order valence-corrected chi connectivity index (χ1v) is 9.46. The van der Waals surface area contributed by atoms with E-state index in [9.17, 15) is 18.0 Å². The van der Waals surface area contributed by atoms with Crippen LogP contribution in [0.2, 0.25) is 0 Å². The molecule has 0 radical (unpaired) electrons. The van der Waals surface area contributed by atoms with Crippen molar-refractivity contribution in [3.8, 4) is 11.1 Å². The predicted molar refractivity (Wildman–Crippen MR) is 101 cm³/mol. The van der Waals surface area contributed by atoms with Crippen molar-refractivity contribution in [1.29, 1.82) is 0 Å². The number of anilines is 1. The van der Waals surface area contributed by atoms with E-state index in [4.69, 9.17) is 11.5 Å². The first-order valence-electron chi connectivity index (χ1n) is 8.23. The van der Waals surface area contributed by atoms with E-state index in [2.05, 4.69) is 4.84 Å². The average molecular weight is 412 g/mol. The highest BCUT2D eigenvalue weighted by atomic mass is 32.2. The molecule has 2 unspecified atom stereocenters. The number of hydrogen-bond acceptors (Lipinski definition) is 7. The van der Waals surface area contributed by atoms with Gasteiger partial charge in [0.1, 0.15) is 0 Å². The number of fused-ring (bicyclic) bond motifs is 1. The summed E-state index contributed by atoms with van der Waals surface area (Å²) in [5, 5.41) is 0.746. The maximum Gasteiger partial charge on any atom is 0.493 e. The van der Waals surface area contributed by atoms with Gasteiger partial charge < -0.3 is 10.6 Å². The fraction of sp³-hybridized carbons (Fsp3) is 0.278. The molecule has 0 amide bonds. The molecule has 2 aromatic rings. The van der Waals surface area contributed by atoms with Gasteiger partial charge in [0, 0.05) is 10.5 Å². The van der Waals surface area contributed by atoms with Crippen LogP contribution in [-0.4, -0.2) is 36.6 Å². The molecule has 3 rings (SSSR count). The highest BCUT2D eigenvalue weighted by Gasteiger charge is 2.45. The molecular weight excluding hydrogens is 393 g/mol. The Hall–Kier alpha value is -2.27. The molecule has 0 fully saturated rings. The number of nitrogens with two attached hydrogens (primary N) is 2. The molecule has 0 spiro atoms. The second-order valence-corrected chi connectivity index (χ2v) is 7.11. The van der Waals surface area contributed by atoms with Crippen LogP contribution in [0.4, 0.5) is 18.9 Å². The van der Waals surface area contributed by atoms with Gasteiger partial charge in [-0.15, -0.1) is 11.8 Å². The lowest BCUT2D eigenvalue weighted by Gasteiger charge is -2.43. The van der Waals surface area contributed by atoms with Crippen molar-refractivity contribution >= 4 is 23.4 Å². The number of rotatable bonds is 3. The van der Waals surface area contributed by atoms with Crippen LogP contribution in [-0.2, 0) is 9.63 Å². The monoisotopic (exact) mass is 412 g/mol. The molecule has 6 nitrogen and oxygen atoms in total. The van der Waals surface area contributed by atoms with Gasteiger partial charge in [-0.05, 0) is 42.6 Å². The first kappa shape index (κ1) is 20.5. The molecule has 2 atom stereocenters. The summed E-state index contributed by atoms with van der Waals surface area (Å²) in [4.78, 5) is 18.4. The average Bonchev–Trinajstić information content (AvgIpc) is 2.68. The van der Waals surface area contributed by atoms with Crippen LogP contribution in [0.3, 0.4) is 0 Å². The number of benzene rings is 2. The molecule has 1 heterocycles. The molecule has 10 heteroatoms. The van der Waals surface area contributed by atoms with Gasteiger partial charge in [0.25, 0.3) is 0 Å². The second kappa shape index (κ2) is 7.63. The minimum Gasteiger partial charge on any atom is -0.329 e. The van der Waals surface area contributed by atoms with E-state index in [0.717, 1.165) is 21.1 Å². The molecule has 2 aromatic carbocycles. The Labute approximate surface area is 164 Å². The summed E-state index contributed by atoms with van der Waals surface area (Å²) in [5.41, 5.74) is 14.4. The van der Waals surface area contributed by atoms with Crippen LogP contribution in [0.5, 0.6) is 0 Å². The normalized spacial score (nSPS) is 20.0. The van der Waals surface area contributed by atoms with Gasteiger partial charge in [0.15, 0.2) is 6.29 Å². The Morgan fingerprint density at radius 1 is 1.14 bits per heavy atom. The Kier molecular flexibility index (Phi) is 5.57. The second-order valence-electron chi connectivity index (χ2n) is 6.23. The van der Waals surface area contributed by atoms with Gasteiger partial charge in [-0.3, -0.25) is 10.6 Å². The molecule has 1 aliphatic rings. The lowest BCUT2D eigenvalue weighted by molar-refractivity contribution is -0.204. The molecule has 1 aliphatic heterocycles. The van der Waals surface area contributed by atoms with Gasteiger partial charge in [-0.1, -0.05) is 24.3 Å². The maximum absolute atomic E-state index is 12.7. The van der Waals surface area contributed by atoms with Crippen LogP contribution in [0.25, 0.3) is 11.1 Å². The summed E-state index contributed by atoms with van der Waals surface area (Å²) >= 11 is 1.57. The summed E-state index contributed by atoms with van der Waals surface area (Å²) < 4.78 is 38.2. The smallest absolute Gasteiger partial charge is 0.329 e. The summed E-state index contributed by atoms with van der Waals surface area (Å²) in [6.07, 6.45) is -5.06. The predicted octanol–water partition coefficient (Wildman–Crippen LogP) is 3.05. The van der Waals surface area contributed by atoms with Crippen molar-refractivity contribution < 1.29 is 22.8 Å². The van der Waals surface area contributed by atoms with Crippen LogP contribution >= 0.6 is 11.8 Å². The van der Waals surface area contributed by atoms with Gasteiger partial charge in [0.2, 0.25) is 0 Å². The Morgan fingerprint density at radius 3 is 2.46 bits per heavy atom. The largest absolute Gasteiger partial charge is 0.493 e. The fourth-order valence-corrected chi connectivity index (χ4v) is 3.36. The number of carbonyl (C=O) groups excluding carboxylic acids is 1. The molecule has 150 valence electrons. The number of halogens is 3. The van der Waals surface area contributed by atoms with Crippen molar-refractivity contribution in [2.45, 2.75) is 23.5 Å². The number of alkyl halides is 3. The van der Waals surface area contributed by atoms with Crippen LogP contribution in [0.15, 0.2) is 47.4 Å². The van der Waals surface area contributed by atoms with Crippen LogP contribution in [0, 0.1) is 0 Å². The van der Waals surface area contributed by atoms with E-state index < -0.39 is 24.6 Å². The van der Waals surface area contributed by atoms with Gasteiger partial charge >= 0.3 is 12.1 Å². The van der Waals surface area contributed by atoms with Crippen molar-refractivity contribution in [3.05, 3.63) is 48.0 Å². The molecule has 28 heavy (non-hydrogen) atoms. The minimum atomic E-state index is -5.15. The summed E-state index contributed by atoms with van der Waals surface area (Å²) in [6, 6.07) is 12.8. The van der Waals surface area contributed by atoms with E-state index in [0.29, 0.717) is 5.56 Å². The third kappa shape index (κ3) is 3.81. The molecule has 0 aromatic heterocycles. The van der Waals surface area contributed by atoms with Crippen LogP contribution in [0.1, 0.15) is 11.7 Å². The Bertz CT molecular complexity index is 893. The van der Waals surface area contributed by atoms with Crippen LogP contribution < -0.4 is 16.5 Å². The Morgan fingerprint density at radius 2 is 1.82 bits per heavy atom. The standard InChI is InChI=1S/C18H19F3N4O2S/c1-24-15(22)13-7-6-11(10-4-3-5-12(8-10)28-2)9-14(13)25(17(24)23)27-16(26)18(19,20)21/h3-9,15,17H,22-23H2,1-2H3. The zero-order valence-corrected chi connectivity index (χ0v) is 15.9. The third-order valence-corrected chi connectivity index (χ3v) is 5.22. The van der Waals surface area contributed by atoms with Gasteiger partial charge in [-0.2, -0.15) is 18.2 Å². The third-order valence-electron chi connectivity index (χ3n) is 4.50. The van der Waals surface area contributed by atoms with Crippen molar-refractivity contribution in [2.75, 3.05) is 18.4 Å². The van der Waals surface area contributed by atoms with Crippen molar-refractivity contribution in [1.82, 2.24) is 4.90 Å². The molecule has 0 bridgehead atoms. The highest BCUT2D eigenvalue weighted by molar-refractivity contribution is 7.98. The van der Waals surface area contributed by atoms with Gasteiger partial charge in [0.05, 0.1) is 11.9 Å². The number of thioether (sulfide) groups is 1.